The van der Waals surface area contributed by atoms with Crippen LogP contribution in [0.15, 0.2) is 12.3 Å². The average molecular weight is 283 g/mol. The van der Waals surface area contributed by atoms with E-state index in [2.05, 4.69) is 4.98 Å². The molecule has 0 bridgehead atoms. The Morgan fingerprint density at radius 3 is 2.47 bits per heavy atom. The van der Waals surface area contributed by atoms with Crippen molar-refractivity contribution in [3.63, 3.8) is 0 Å². The summed E-state index contributed by atoms with van der Waals surface area (Å²) in [5.74, 6) is 0. The summed E-state index contributed by atoms with van der Waals surface area (Å²) >= 11 is 5.79. The maximum Gasteiger partial charge on any atom is 0.493 e. The number of aromatic nitrogens is 1. The van der Waals surface area contributed by atoms with E-state index in [1.54, 1.807) is 27.7 Å². The topological polar surface area (TPSA) is 86.4 Å². The molecule has 102 valence electrons. The molecule has 0 atom stereocenters. The second kappa shape index (κ2) is 5.47. The highest BCUT2D eigenvalue weighted by Crippen LogP contribution is 2.25. The van der Waals surface area contributed by atoms with Crippen molar-refractivity contribution in [3.8, 4) is 6.07 Å². The minimum Gasteiger partial charge on any atom is -0.423 e. The summed E-state index contributed by atoms with van der Waals surface area (Å²) in [6, 6.07) is 3.33. The third kappa shape index (κ3) is 3.45. The predicted octanol–water partition coefficient (Wildman–Crippen LogP) is 0.860. The van der Waals surface area contributed by atoms with Crippen LogP contribution < -0.4 is 5.46 Å². The molecule has 0 aliphatic carbocycles. The molecule has 1 aromatic heterocycles. The van der Waals surface area contributed by atoms with Crippen molar-refractivity contribution in [1.82, 2.24) is 4.98 Å². The van der Waals surface area contributed by atoms with Crippen LogP contribution in [0.3, 0.4) is 0 Å². The van der Waals surface area contributed by atoms with E-state index in [0.29, 0.717) is 0 Å². The summed E-state index contributed by atoms with van der Waals surface area (Å²) in [6.45, 7) is 6.44. The first-order chi connectivity index (χ1) is 8.60. The molecule has 0 amide bonds. The molecule has 1 rings (SSSR count). The standard InChI is InChI=1S/C12H16BClN2O3/c1-11(2,17)12(3,4)19-13(18)9-5-6-16-10(14)8(9)7-15/h5-6,17-18H,1-4H3. The maximum absolute atomic E-state index is 10.1. The van der Waals surface area contributed by atoms with Gasteiger partial charge in [0, 0.05) is 11.7 Å². The van der Waals surface area contributed by atoms with E-state index in [-0.39, 0.29) is 16.2 Å². The molecule has 0 saturated heterocycles. The molecule has 0 fully saturated rings. The van der Waals surface area contributed by atoms with Crippen molar-refractivity contribution in [2.45, 2.75) is 38.9 Å². The van der Waals surface area contributed by atoms with Gasteiger partial charge >= 0.3 is 7.12 Å². The molecule has 0 radical (unpaired) electrons. The lowest BCUT2D eigenvalue weighted by Crippen LogP contribution is -2.53. The number of rotatable bonds is 4. The Morgan fingerprint density at radius 1 is 1.42 bits per heavy atom. The van der Waals surface area contributed by atoms with Crippen molar-refractivity contribution < 1.29 is 14.8 Å². The summed E-state index contributed by atoms with van der Waals surface area (Å²) in [7, 11) is -1.38. The second-order valence-electron chi connectivity index (χ2n) is 5.22. The third-order valence-electron chi connectivity index (χ3n) is 3.19. The van der Waals surface area contributed by atoms with Crippen LogP contribution in [0.5, 0.6) is 0 Å². The fourth-order valence-electron chi connectivity index (χ4n) is 1.25. The zero-order valence-corrected chi connectivity index (χ0v) is 12.1. The van der Waals surface area contributed by atoms with Crippen molar-refractivity contribution >= 4 is 24.2 Å². The molecule has 0 unspecified atom stereocenters. The molecule has 0 aliphatic heterocycles. The van der Waals surface area contributed by atoms with E-state index in [0.717, 1.165) is 0 Å². The molecule has 7 heteroatoms. The molecule has 19 heavy (non-hydrogen) atoms. The Kier molecular flexibility index (Phi) is 4.59. The van der Waals surface area contributed by atoms with E-state index < -0.39 is 18.3 Å². The van der Waals surface area contributed by atoms with E-state index >= 15 is 0 Å². The highest BCUT2D eigenvalue weighted by molar-refractivity contribution is 6.61. The van der Waals surface area contributed by atoms with Crippen LogP contribution in [0.4, 0.5) is 0 Å². The fourth-order valence-corrected chi connectivity index (χ4v) is 1.46. The Balaban J connectivity index is 3.07. The summed E-state index contributed by atoms with van der Waals surface area (Å²) < 4.78 is 5.45. The fraction of sp³-hybridized carbons (Fsp3) is 0.500. The Hall–Kier alpha value is -1.13. The van der Waals surface area contributed by atoms with Gasteiger partial charge in [-0.25, -0.2) is 4.98 Å². The smallest absolute Gasteiger partial charge is 0.423 e. The summed E-state index contributed by atoms with van der Waals surface area (Å²) in [5.41, 5.74) is -1.91. The summed E-state index contributed by atoms with van der Waals surface area (Å²) in [6.07, 6.45) is 1.38. The normalized spacial score (nSPS) is 12.1. The number of nitriles is 1. The van der Waals surface area contributed by atoms with Gasteiger partial charge in [0.1, 0.15) is 11.2 Å². The Labute approximate surface area is 117 Å². The average Bonchev–Trinajstić information content (AvgIpc) is 2.26. The van der Waals surface area contributed by atoms with Gasteiger partial charge < -0.3 is 14.8 Å². The van der Waals surface area contributed by atoms with Crippen LogP contribution in [0.25, 0.3) is 0 Å². The Bertz CT molecular complexity index is 509. The first-order valence-corrected chi connectivity index (χ1v) is 6.10. The van der Waals surface area contributed by atoms with Crippen LogP contribution in [0.2, 0.25) is 5.15 Å². The highest BCUT2D eigenvalue weighted by Gasteiger charge is 2.40. The number of nitrogens with zero attached hydrogens (tertiary/aromatic N) is 2. The van der Waals surface area contributed by atoms with E-state index in [4.69, 9.17) is 21.5 Å². The van der Waals surface area contributed by atoms with Gasteiger partial charge in [-0.1, -0.05) is 11.6 Å². The quantitative estimate of drug-likeness (QED) is 0.632. The van der Waals surface area contributed by atoms with Gasteiger partial charge in [-0.05, 0) is 33.8 Å². The highest BCUT2D eigenvalue weighted by atomic mass is 35.5. The van der Waals surface area contributed by atoms with Gasteiger partial charge in [0.2, 0.25) is 0 Å². The van der Waals surface area contributed by atoms with Crippen LogP contribution in [0.1, 0.15) is 33.3 Å². The minimum absolute atomic E-state index is 0.00344. The predicted molar refractivity (Wildman–Crippen MR) is 73.0 cm³/mol. The number of hydrogen-bond acceptors (Lipinski definition) is 5. The largest absolute Gasteiger partial charge is 0.493 e. The number of aliphatic hydroxyl groups is 1. The first kappa shape index (κ1) is 15.9. The van der Waals surface area contributed by atoms with Crippen molar-refractivity contribution in [3.05, 3.63) is 23.0 Å². The zero-order chi connectivity index (χ0) is 14.8. The van der Waals surface area contributed by atoms with Gasteiger partial charge in [0.05, 0.1) is 16.8 Å². The number of hydrogen-bond donors (Lipinski definition) is 2. The molecule has 0 aliphatic rings. The molecular formula is C12H16BClN2O3. The molecule has 5 nitrogen and oxygen atoms in total. The van der Waals surface area contributed by atoms with Crippen molar-refractivity contribution in [2.75, 3.05) is 0 Å². The zero-order valence-electron chi connectivity index (χ0n) is 11.3. The number of pyridine rings is 1. The molecule has 1 aromatic rings. The van der Waals surface area contributed by atoms with Crippen LogP contribution in [0, 0.1) is 11.3 Å². The molecule has 0 spiro atoms. The lowest BCUT2D eigenvalue weighted by atomic mass is 9.75. The molecule has 0 saturated carbocycles. The third-order valence-corrected chi connectivity index (χ3v) is 3.48. The van der Waals surface area contributed by atoms with Crippen molar-refractivity contribution in [1.29, 1.82) is 5.26 Å². The molecular weight excluding hydrogens is 266 g/mol. The first-order valence-electron chi connectivity index (χ1n) is 5.73. The lowest BCUT2D eigenvalue weighted by Gasteiger charge is -2.38. The number of halogens is 1. The molecule has 2 N–H and O–H groups in total. The van der Waals surface area contributed by atoms with Gasteiger partial charge in [0.25, 0.3) is 0 Å². The minimum atomic E-state index is -1.38. The van der Waals surface area contributed by atoms with Gasteiger partial charge in [-0.2, -0.15) is 5.26 Å². The van der Waals surface area contributed by atoms with Gasteiger partial charge in [-0.15, -0.1) is 0 Å². The van der Waals surface area contributed by atoms with Gasteiger partial charge in [-0.3, -0.25) is 0 Å². The molecule has 0 aromatic carbocycles. The molecule has 1 heterocycles. The summed E-state index contributed by atoms with van der Waals surface area (Å²) in [5, 5.41) is 29.1. The van der Waals surface area contributed by atoms with Crippen LogP contribution >= 0.6 is 11.6 Å². The second-order valence-corrected chi connectivity index (χ2v) is 5.58. The summed E-state index contributed by atoms with van der Waals surface area (Å²) in [4.78, 5) is 3.77. The van der Waals surface area contributed by atoms with Gasteiger partial charge in [0.15, 0.2) is 0 Å². The Morgan fingerprint density at radius 2 is 2.00 bits per heavy atom. The lowest BCUT2D eigenvalue weighted by molar-refractivity contribution is -0.0982. The van der Waals surface area contributed by atoms with E-state index in [1.165, 1.54) is 12.3 Å². The van der Waals surface area contributed by atoms with Crippen molar-refractivity contribution in [2.24, 2.45) is 0 Å². The van der Waals surface area contributed by atoms with Crippen LogP contribution in [-0.4, -0.2) is 33.4 Å². The SMILES string of the molecule is CC(C)(O)C(C)(C)OB(O)c1ccnc(Cl)c1C#N. The monoisotopic (exact) mass is 282 g/mol. The van der Waals surface area contributed by atoms with E-state index in [1.807, 2.05) is 6.07 Å². The maximum atomic E-state index is 10.1. The van der Waals surface area contributed by atoms with E-state index in [9.17, 15) is 10.1 Å². The van der Waals surface area contributed by atoms with Crippen LogP contribution in [-0.2, 0) is 4.65 Å².